The lowest BCUT2D eigenvalue weighted by Crippen LogP contribution is -2.28. The Labute approximate surface area is 139 Å². The molecule has 0 aromatic heterocycles. The molecule has 4 heteroatoms. The van der Waals surface area contributed by atoms with E-state index in [1.54, 1.807) is 12.1 Å². The van der Waals surface area contributed by atoms with E-state index in [2.05, 4.69) is 41.2 Å². The highest BCUT2D eigenvalue weighted by atomic mass is 79.9. The molecule has 2 aromatic carbocycles. The Kier molecular flexibility index (Phi) is 6.01. The molecule has 0 heterocycles. The number of rotatable bonds is 6. The van der Waals surface area contributed by atoms with E-state index >= 15 is 0 Å². The van der Waals surface area contributed by atoms with E-state index in [0.717, 1.165) is 10.2 Å². The smallest absolute Gasteiger partial charge is 0.251 e. The van der Waals surface area contributed by atoms with E-state index in [-0.39, 0.29) is 5.91 Å². The molecule has 0 atom stereocenters. The molecule has 0 aliphatic heterocycles. The van der Waals surface area contributed by atoms with Crippen LogP contribution in [-0.2, 0) is 0 Å². The van der Waals surface area contributed by atoms with Crippen LogP contribution >= 0.6 is 15.9 Å². The second kappa shape index (κ2) is 7.99. The van der Waals surface area contributed by atoms with Crippen LogP contribution in [0.15, 0.2) is 53.0 Å². The second-order valence-corrected chi connectivity index (χ2v) is 6.22. The monoisotopic (exact) mass is 361 g/mol. The molecule has 0 fully saturated rings. The lowest BCUT2D eigenvalue weighted by atomic mass is 10.0. The van der Waals surface area contributed by atoms with Gasteiger partial charge in [0.1, 0.15) is 12.4 Å². The summed E-state index contributed by atoms with van der Waals surface area (Å²) in [5.41, 5.74) is 1.82. The minimum atomic E-state index is -0.0953. The van der Waals surface area contributed by atoms with Gasteiger partial charge in [-0.2, -0.15) is 0 Å². The standard InChI is InChI=1S/C18H20BrNO2/c1-13(2)16-8-3-4-9-17(16)22-11-10-20-18(21)14-6-5-7-15(19)12-14/h3-9,12-13H,10-11H2,1-2H3,(H,20,21). The summed E-state index contributed by atoms with van der Waals surface area (Å²) in [5, 5.41) is 2.86. The topological polar surface area (TPSA) is 38.3 Å². The Hall–Kier alpha value is -1.81. The molecular formula is C18H20BrNO2. The average molecular weight is 362 g/mol. The highest BCUT2D eigenvalue weighted by Gasteiger charge is 2.08. The van der Waals surface area contributed by atoms with Gasteiger partial charge in [-0.05, 0) is 35.7 Å². The molecule has 1 amide bonds. The first-order chi connectivity index (χ1) is 10.6. The minimum absolute atomic E-state index is 0.0953. The molecule has 116 valence electrons. The number of nitrogens with one attached hydrogen (secondary N) is 1. The first-order valence-electron chi connectivity index (χ1n) is 7.33. The zero-order chi connectivity index (χ0) is 15.9. The Balaban J connectivity index is 1.84. The summed E-state index contributed by atoms with van der Waals surface area (Å²) in [5.74, 6) is 1.20. The van der Waals surface area contributed by atoms with Gasteiger partial charge < -0.3 is 10.1 Å². The summed E-state index contributed by atoms with van der Waals surface area (Å²) in [6, 6.07) is 15.3. The van der Waals surface area contributed by atoms with E-state index in [4.69, 9.17) is 4.74 Å². The number of ether oxygens (including phenoxy) is 1. The molecule has 1 N–H and O–H groups in total. The molecule has 3 nitrogen and oxygen atoms in total. The highest BCUT2D eigenvalue weighted by Crippen LogP contribution is 2.25. The zero-order valence-corrected chi connectivity index (χ0v) is 14.4. The summed E-state index contributed by atoms with van der Waals surface area (Å²) in [6.45, 7) is 5.19. The number of hydrogen-bond donors (Lipinski definition) is 1. The van der Waals surface area contributed by atoms with Crippen molar-refractivity contribution in [2.75, 3.05) is 13.2 Å². The van der Waals surface area contributed by atoms with Crippen molar-refractivity contribution in [2.45, 2.75) is 19.8 Å². The summed E-state index contributed by atoms with van der Waals surface area (Å²) in [7, 11) is 0. The average Bonchev–Trinajstić information content (AvgIpc) is 2.51. The van der Waals surface area contributed by atoms with Crippen molar-refractivity contribution in [1.29, 1.82) is 0 Å². The van der Waals surface area contributed by atoms with Crippen LogP contribution < -0.4 is 10.1 Å². The third-order valence-electron chi connectivity index (χ3n) is 3.27. The van der Waals surface area contributed by atoms with E-state index in [1.807, 2.05) is 30.3 Å². The van der Waals surface area contributed by atoms with Gasteiger partial charge in [-0.3, -0.25) is 4.79 Å². The van der Waals surface area contributed by atoms with Crippen LogP contribution in [0.2, 0.25) is 0 Å². The normalized spacial score (nSPS) is 10.5. The quantitative estimate of drug-likeness (QED) is 0.775. The van der Waals surface area contributed by atoms with Crippen LogP contribution in [0, 0.1) is 0 Å². The van der Waals surface area contributed by atoms with Gasteiger partial charge >= 0.3 is 0 Å². The molecule has 0 bridgehead atoms. The summed E-state index contributed by atoms with van der Waals surface area (Å²) < 4.78 is 6.68. The first-order valence-corrected chi connectivity index (χ1v) is 8.12. The fourth-order valence-corrected chi connectivity index (χ4v) is 2.55. The predicted octanol–water partition coefficient (Wildman–Crippen LogP) is 4.38. The SMILES string of the molecule is CC(C)c1ccccc1OCCNC(=O)c1cccc(Br)c1. The number of carbonyl (C=O) groups excluding carboxylic acids is 1. The molecule has 0 aliphatic rings. The van der Waals surface area contributed by atoms with Gasteiger partial charge in [0.25, 0.3) is 5.91 Å². The van der Waals surface area contributed by atoms with Gasteiger partial charge in [-0.15, -0.1) is 0 Å². The van der Waals surface area contributed by atoms with Crippen LogP contribution in [0.5, 0.6) is 5.75 Å². The highest BCUT2D eigenvalue weighted by molar-refractivity contribution is 9.10. The van der Waals surface area contributed by atoms with Gasteiger partial charge in [-0.1, -0.05) is 54.0 Å². The minimum Gasteiger partial charge on any atom is -0.491 e. The van der Waals surface area contributed by atoms with Crippen molar-refractivity contribution < 1.29 is 9.53 Å². The number of hydrogen-bond acceptors (Lipinski definition) is 2. The molecule has 0 saturated heterocycles. The van der Waals surface area contributed by atoms with Crippen molar-refractivity contribution in [1.82, 2.24) is 5.32 Å². The number of benzene rings is 2. The van der Waals surface area contributed by atoms with Crippen LogP contribution in [0.3, 0.4) is 0 Å². The van der Waals surface area contributed by atoms with Gasteiger partial charge in [0.05, 0.1) is 6.54 Å². The third-order valence-corrected chi connectivity index (χ3v) is 3.77. The molecule has 22 heavy (non-hydrogen) atoms. The summed E-state index contributed by atoms with van der Waals surface area (Å²) >= 11 is 3.36. The van der Waals surface area contributed by atoms with Crippen molar-refractivity contribution in [3.63, 3.8) is 0 Å². The molecule has 0 aliphatic carbocycles. The Morgan fingerprint density at radius 2 is 1.95 bits per heavy atom. The van der Waals surface area contributed by atoms with E-state index in [9.17, 15) is 4.79 Å². The molecular weight excluding hydrogens is 342 g/mol. The maximum atomic E-state index is 12.0. The van der Waals surface area contributed by atoms with E-state index in [0.29, 0.717) is 24.6 Å². The maximum absolute atomic E-state index is 12.0. The predicted molar refractivity (Wildman–Crippen MR) is 92.5 cm³/mol. The molecule has 0 unspecified atom stereocenters. The van der Waals surface area contributed by atoms with Crippen LogP contribution in [0.1, 0.15) is 35.7 Å². The molecule has 0 radical (unpaired) electrons. The summed E-state index contributed by atoms with van der Waals surface area (Å²) in [4.78, 5) is 12.0. The lowest BCUT2D eigenvalue weighted by molar-refractivity contribution is 0.0947. The third kappa shape index (κ3) is 4.60. The van der Waals surface area contributed by atoms with Gasteiger partial charge in [0.2, 0.25) is 0 Å². The van der Waals surface area contributed by atoms with Gasteiger partial charge in [-0.25, -0.2) is 0 Å². The van der Waals surface area contributed by atoms with Crippen LogP contribution in [0.4, 0.5) is 0 Å². The number of carbonyl (C=O) groups is 1. The number of halogens is 1. The number of amides is 1. The van der Waals surface area contributed by atoms with E-state index in [1.165, 1.54) is 5.56 Å². The van der Waals surface area contributed by atoms with Crippen molar-refractivity contribution in [3.05, 3.63) is 64.1 Å². The van der Waals surface area contributed by atoms with Crippen molar-refractivity contribution in [2.24, 2.45) is 0 Å². The van der Waals surface area contributed by atoms with E-state index < -0.39 is 0 Å². The fraction of sp³-hybridized carbons (Fsp3) is 0.278. The summed E-state index contributed by atoms with van der Waals surface area (Å²) in [6.07, 6.45) is 0. The second-order valence-electron chi connectivity index (χ2n) is 5.31. The van der Waals surface area contributed by atoms with Gasteiger partial charge in [0, 0.05) is 10.0 Å². The lowest BCUT2D eigenvalue weighted by Gasteiger charge is -2.14. The zero-order valence-electron chi connectivity index (χ0n) is 12.8. The number of para-hydroxylation sites is 1. The molecule has 2 aromatic rings. The molecule has 0 saturated carbocycles. The Morgan fingerprint density at radius 3 is 2.68 bits per heavy atom. The van der Waals surface area contributed by atoms with Gasteiger partial charge in [0.15, 0.2) is 0 Å². The first kappa shape index (κ1) is 16.6. The van der Waals surface area contributed by atoms with Crippen molar-refractivity contribution >= 4 is 21.8 Å². The maximum Gasteiger partial charge on any atom is 0.251 e. The molecule has 2 rings (SSSR count). The Morgan fingerprint density at radius 1 is 1.18 bits per heavy atom. The Bertz CT molecular complexity index is 640. The van der Waals surface area contributed by atoms with Crippen LogP contribution in [0.25, 0.3) is 0 Å². The fourth-order valence-electron chi connectivity index (χ4n) is 2.15. The largest absolute Gasteiger partial charge is 0.491 e. The van der Waals surface area contributed by atoms with Crippen LogP contribution in [-0.4, -0.2) is 19.1 Å². The van der Waals surface area contributed by atoms with Crippen molar-refractivity contribution in [3.8, 4) is 5.75 Å². The molecule has 0 spiro atoms.